The van der Waals surface area contributed by atoms with Crippen molar-refractivity contribution in [2.75, 3.05) is 6.54 Å². The van der Waals surface area contributed by atoms with Gasteiger partial charge in [0.25, 0.3) is 0 Å². The fraction of sp³-hybridized carbons (Fsp3) is 0.308. The molecule has 0 fully saturated rings. The van der Waals surface area contributed by atoms with Crippen molar-refractivity contribution in [1.29, 1.82) is 0 Å². The number of hydrogen-bond donors (Lipinski definition) is 1. The van der Waals surface area contributed by atoms with Crippen LogP contribution in [-0.4, -0.2) is 16.3 Å². The quantitative estimate of drug-likeness (QED) is 0.854. The summed E-state index contributed by atoms with van der Waals surface area (Å²) in [6.07, 6.45) is 3.62. The van der Waals surface area contributed by atoms with Crippen LogP contribution < -0.4 is 5.32 Å². The molecule has 1 aromatic carbocycles. The minimum Gasteiger partial charge on any atom is -0.308 e. The Morgan fingerprint density at radius 1 is 1.37 bits per heavy atom. The van der Waals surface area contributed by atoms with Crippen molar-refractivity contribution in [3.63, 3.8) is 0 Å². The summed E-state index contributed by atoms with van der Waals surface area (Å²) in [7, 11) is 0. The number of hydrogen-bond acceptors (Lipinski definition) is 2. The van der Waals surface area contributed by atoms with E-state index in [4.69, 9.17) is 23.2 Å². The number of nitrogens with zero attached hydrogens (tertiary/aromatic N) is 2. The molecule has 0 saturated carbocycles. The van der Waals surface area contributed by atoms with Crippen molar-refractivity contribution in [2.24, 2.45) is 0 Å². The van der Waals surface area contributed by atoms with Gasteiger partial charge in [-0.3, -0.25) is 4.68 Å². The van der Waals surface area contributed by atoms with Gasteiger partial charge in [-0.15, -0.1) is 0 Å². The van der Waals surface area contributed by atoms with Gasteiger partial charge in [0.15, 0.2) is 0 Å². The second-order valence-corrected chi connectivity index (χ2v) is 5.05. The van der Waals surface area contributed by atoms with Gasteiger partial charge in [-0.05, 0) is 30.7 Å². The molecular weight excluding hydrogens is 288 g/mol. The summed E-state index contributed by atoms with van der Waals surface area (Å²) in [6.45, 7) is 3.38. The third-order valence-corrected chi connectivity index (χ3v) is 3.47. The van der Waals surface area contributed by atoms with Crippen LogP contribution in [0.15, 0.2) is 30.6 Å². The first-order valence-electron chi connectivity index (χ1n) is 5.93. The number of aromatic nitrogens is 2. The molecule has 2 rings (SSSR count). The molecule has 0 aliphatic carbocycles. The minimum atomic E-state index is -0.457. The van der Waals surface area contributed by atoms with Gasteiger partial charge in [0.05, 0.1) is 11.6 Å². The molecule has 0 amide bonds. The van der Waals surface area contributed by atoms with E-state index >= 15 is 0 Å². The van der Waals surface area contributed by atoms with Crippen molar-refractivity contribution in [2.45, 2.75) is 19.5 Å². The minimum absolute atomic E-state index is 0.0393. The normalized spacial score (nSPS) is 12.6. The second-order valence-electron chi connectivity index (χ2n) is 4.23. The van der Waals surface area contributed by atoms with Gasteiger partial charge in [0, 0.05) is 30.0 Å². The number of nitrogens with one attached hydrogen (secondary N) is 1. The lowest BCUT2D eigenvalue weighted by Gasteiger charge is -2.16. The van der Waals surface area contributed by atoms with Gasteiger partial charge >= 0.3 is 0 Å². The molecule has 0 bridgehead atoms. The molecule has 2 aromatic rings. The predicted octanol–water partition coefficient (Wildman–Crippen LogP) is 3.68. The first-order valence-corrected chi connectivity index (χ1v) is 6.69. The lowest BCUT2D eigenvalue weighted by atomic mass is 10.1. The molecule has 0 aliphatic heterocycles. The topological polar surface area (TPSA) is 29.9 Å². The number of halogens is 3. The Kier molecular flexibility index (Phi) is 4.80. The van der Waals surface area contributed by atoms with Crippen LogP contribution in [0.1, 0.15) is 18.5 Å². The lowest BCUT2D eigenvalue weighted by molar-refractivity contribution is 0.505. The van der Waals surface area contributed by atoms with E-state index < -0.39 is 5.82 Å². The van der Waals surface area contributed by atoms with Crippen molar-refractivity contribution in [3.8, 4) is 0 Å². The largest absolute Gasteiger partial charge is 0.308 e. The average Bonchev–Trinajstić information content (AvgIpc) is 2.86. The highest BCUT2D eigenvalue weighted by Gasteiger charge is 2.12. The fourth-order valence-electron chi connectivity index (χ4n) is 1.81. The molecule has 1 atom stereocenters. The molecule has 0 saturated heterocycles. The maximum absolute atomic E-state index is 13.4. The van der Waals surface area contributed by atoms with E-state index in [-0.39, 0.29) is 11.1 Å². The van der Waals surface area contributed by atoms with Gasteiger partial charge in [-0.1, -0.05) is 23.2 Å². The number of benzene rings is 1. The molecule has 1 heterocycles. The zero-order chi connectivity index (χ0) is 13.8. The van der Waals surface area contributed by atoms with E-state index in [1.54, 1.807) is 6.20 Å². The third-order valence-electron chi connectivity index (χ3n) is 2.86. The van der Waals surface area contributed by atoms with E-state index in [1.807, 2.05) is 23.9 Å². The van der Waals surface area contributed by atoms with Gasteiger partial charge in [-0.2, -0.15) is 5.10 Å². The zero-order valence-corrected chi connectivity index (χ0v) is 11.9. The Hall–Kier alpha value is -1.10. The van der Waals surface area contributed by atoms with Crippen LogP contribution in [0.3, 0.4) is 0 Å². The van der Waals surface area contributed by atoms with E-state index in [0.29, 0.717) is 17.1 Å². The summed E-state index contributed by atoms with van der Waals surface area (Å²) in [6, 6.07) is 4.61. The maximum atomic E-state index is 13.4. The summed E-state index contributed by atoms with van der Waals surface area (Å²) in [5.41, 5.74) is 0.698. The average molecular weight is 302 g/mol. The summed E-state index contributed by atoms with van der Waals surface area (Å²) in [5.74, 6) is -0.457. The highest BCUT2D eigenvalue weighted by Crippen LogP contribution is 2.28. The van der Waals surface area contributed by atoms with Crippen LogP contribution in [0.5, 0.6) is 0 Å². The SMILES string of the molecule is CC(NCCn1cccn1)c1cc(F)c(Cl)cc1Cl. The highest BCUT2D eigenvalue weighted by atomic mass is 35.5. The smallest absolute Gasteiger partial charge is 0.142 e. The molecule has 1 unspecified atom stereocenters. The molecule has 0 radical (unpaired) electrons. The Morgan fingerprint density at radius 2 is 2.16 bits per heavy atom. The zero-order valence-electron chi connectivity index (χ0n) is 10.4. The van der Waals surface area contributed by atoms with Gasteiger partial charge in [-0.25, -0.2) is 4.39 Å². The van der Waals surface area contributed by atoms with E-state index in [2.05, 4.69) is 10.4 Å². The molecule has 0 aliphatic rings. The lowest BCUT2D eigenvalue weighted by Crippen LogP contribution is -2.23. The molecule has 3 nitrogen and oxygen atoms in total. The molecule has 19 heavy (non-hydrogen) atoms. The van der Waals surface area contributed by atoms with Crippen LogP contribution >= 0.6 is 23.2 Å². The maximum Gasteiger partial charge on any atom is 0.142 e. The molecule has 6 heteroatoms. The van der Waals surface area contributed by atoms with E-state index in [1.165, 1.54) is 12.1 Å². The van der Waals surface area contributed by atoms with Gasteiger partial charge in [0.2, 0.25) is 0 Å². The molecule has 1 N–H and O–H groups in total. The van der Waals surface area contributed by atoms with Gasteiger partial charge in [0.1, 0.15) is 5.82 Å². The first kappa shape index (κ1) is 14.3. The van der Waals surface area contributed by atoms with Crippen LogP contribution in [0.2, 0.25) is 10.0 Å². The molecule has 1 aromatic heterocycles. The Balaban J connectivity index is 1.96. The predicted molar refractivity (Wildman–Crippen MR) is 75.1 cm³/mol. The van der Waals surface area contributed by atoms with Crippen molar-refractivity contribution in [1.82, 2.24) is 15.1 Å². The monoisotopic (exact) mass is 301 g/mol. The van der Waals surface area contributed by atoms with Crippen LogP contribution in [-0.2, 0) is 6.54 Å². The van der Waals surface area contributed by atoms with Crippen LogP contribution in [0.4, 0.5) is 4.39 Å². The Labute approximate surface area is 121 Å². The second kappa shape index (κ2) is 6.37. The Bertz CT molecular complexity index is 543. The van der Waals surface area contributed by atoms with Crippen LogP contribution in [0, 0.1) is 5.82 Å². The molecule has 102 valence electrons. The Morgan fingerprint density at radius 3 is 2.84 bits per heavy atom. The number of rotatable bonds is 5. The molecular formula is C13H14Cl2FN3. The standard InChI is InChI=1S/C13H14Cl2FN3/c1-9(17-4-6-19-5-2-3-18-19)10-7-13(16)12(15)8-11(10)14/h2-3,5,7-9,17H,4,6H2,1H3. The summed E-state index contributed by atoms with van der Waals surface area (Å²) < 4.78 is 15.3. The van der Waals surface area contributed by atoms with Crippen molar-refractivity contribution in [3.05, 3.63) is 52.0 Å². The molecule has 0 spiro atoms. The highest BCUT2D eigenvalue weighted by molar-refractivity contribution is 6.35. The first-order chi connectivity index (χ1) is 9.08. The van der Waals surface area contributed by atoms with Crippen molar-refractivity contribution >= 4 is 23.2 Å². The van der Waals surface area contributed by atoms with Crippen LogP contribution in [0.25, 0.3) is 0 Å². The fourth-order valence-corrected chi connectivity index (χ4v) is 2.35. The van der Waals surface area contributed by atoms with E-state index in [9.17, 15) is 4.39 Å². The van der Waals surface area contributed by atoms with Crippen molar-refractivity contribution < 1.29 is 4.39 Å². The summed E-state index contributed by atoms with van der Waals surface area (Å²) in [4.78, 5) is 0. The third kappa shape index (κ3) is 3.69. The summed E-state index contributed by atoms with van der Waals surface area (Å²) in [5, 5.41) is 7.87. The van der Waals surface area contributed by atoms with Gasteiger partial charge < -0.3 is 5.32 Å². The van der Waals surface area contributed by atoms with E-state index in [0.717, 1.165) is 6.54 Å². The summed E-state index contributed by atoms with van der Waals surface area (Å²) >= 11 is 11.7.